The van der Waals surface area contributed by atoms with E-state index in [0.717, 1.165) is 6.42 Å². The highest BCUT2D eigenvalue weighted by atomic mass is 16.4. The van der Waals surface area contributed by atoms with Gasteiger partial charge in [0.25, 0.3) is 0 Å². The fraction of sp³-hybridized carbons (Fsp3) is 0.429. The average molecular weight is 249 g/mol. The van der Waals surface area contributed by atoms with E-state index >= 15 is 0 Å². The van der Waals surface area contributed by atoms with Crippen molar-refractivity contribution in [3.05, 3.63) is 29.3 Å². The molecule has 0 bridgehead atoms. The van der Waals surface area contributed by atoms with Gasteiger partial charge in [-0.1, -0.05) is 19.9 Å². The Morgan fingerprint density at radius 1 is 1.33 bits per heavy atom. The molecule has 0 aromatic heterocycles. The molecule has 0 radical (unpaired) electrons. The minimum absolute atomic E-state index is 0.0797. The second-order valence-electron chi connectivity index (χ2n) is 4.82. The minimum atomic E-state index is -0.981. The number of hydrogen-bond acceptors (Lipinski definition) is 2. The summed E-state index contributed by atoms with van der Waals surface area (Å²) in [6.45, 7) is 5.84. The number of carbonyl (C=O) groups is 2. The topological polar surface area (TPSA) is 66.4 Å². The van der Waals surface area contributed by atoms with Crippen LogP contribution in [-0.4, -0.2) is 17.0 Å². The van der Waals surface area contributed by atoms with Crippen LogP contribution in [0.4, 0.5) is 5.69 Å². The van der Waals surface area contributed by atoms with E-state index in [0.29, 0.717) is 23.6 Å². The van der Waals surface area contributed by atoms with Crippen molar-refractivity contribution in [3.63, 3.8) is 0 Å². The van der Waals surface area contributed by atoms with Gasteiger partial charge in [-0.05, 0) is 37.0 Å². The van der Waals surface area contributed by atoms with Gasteiger partial charge in [0.05, 0.1) is 5.56 Å². The predicted octanol–water partition coefficient (Wildman–Crippen LogP) is 3.07. The summed E-state index contributed by atoms with van der Waals surface area (Å²) < 4.78 is 0. The number of carbonyl (C=O) groups excluding carboxylic acids is 1. The largest absolute Gasteiger partial charge is 0.478 e. The van der Waals surface area contributed by atoms with Crippen molar-refractivity contribution in [1.82, 2.24) is 0 Å². The summed E-state index contributed by atoms with van der Waals surface area (Å²) >= 11 is 0. The molecule has 2 N–H and O–H groups in total. The fourth-order valence-electron chi connectivity index (χ4n) is 1.57. The Hall–Kier alpha value is -1.84. The van der Waals surface area contributed by atoms with Crippen LogP contribution in [0.1, 0.15) is 42.6 Å². The molecule has 0 fully saturated rings. The van der Waals surface area contributed by atoms with Crippen molar-refractivity contribution in [2.75, 3.05) is 5.32 Å². The Labute approximate surface area is 107 Å². The third-order valence-electron chi connectivity index (χ3n) is 2.70. The Morgan fingerprint density at radius 2 is 2.00 bits per heavy atom. The Balaban J connectivity index is 2.70. The number of amides is 1. The van der Waals surface area contributed by atoms with Crippen LogP contribution in [0.25, 0.3) is 0 Å². The molecule has 1 aromatic carbocycles. The zero-order valence-corrected chi connectivity index (χ0v) is 11.0. The van der Waals surface area contributed by atoms with E-state index in [4.69, 9.17) is 5.11 Å². The quantitative estimate of drug-likeness (QED) is 0.842. The summed E-state index contributed by atoms with van der Waals surface area (Å²) in [5.74, 6) is -0.585. The van der Waals surface area contributed by atoms with Gasteiger partial charge >= 0.3 is 5.97 Å². The van der Waals surface area contributed by atoms with Gasteiger partial charge in [-0.25, -0.2) is 4.79 Å². The van der Waals surface area contributed by atoms with Gasteiger partial charge in [0.15, 0.2) is 0 Å². The lowest BCUT2D eigenvalue weighted by molar-refractivity contribution is -0.116. The number of rotatable bonds is 5. The van der Waals surface area contributed by atoms with Crippen LogP contribution in [-0.2, 0) is 4.79 Å². The van der Waals surface area contributed by atoms with Crippen LogP contribution in [0.5, 0.6) is 0 Å². The van der Waals surface area contributed by atoms with Crippen molar-refractivity contribution in [3.8, 4) is 0 Å². The zero-order chi connectivity index (χ0) is 13.7. The van der Waals surface area contributed by atoms with Crippen LogP contribution in [0, 0.1) is 12.8 Å². The molecule has 0 spiro atoms. The molecular weight excluding hydrogens is 230 g/mol. The first-order chi connectivity index (χ1) is 8.40. The van der Waals surface area contributed by atoms with Crippen molar-refractivity contribution in [1.29, 1.82) is 0 Å². The first-order valence-corrected chi connectivity index (χ1v) is 6.04. The first-order valence-electron chi connectivity index (χ1n) is 6.04. The smallest absolute Gasteiger partial charge is 0.336 e. The first kappa shape index (κ1) is 14.2. The van der Waals surface area contributed by atoms with Crippen molar-refractivity contribution >= 4 is 17.6 Å². The van der Waals surface area contributed by atoms with Crippen LogP contribution >= 0.6 is 0 Å². The van der Waals surface area contributed by atoms with E-state index < -0.39 is 5.97 Å². The summed E-state index contributed by atoms with van der Waals surface area (Å²) in [7, 11) is 0. The number of aryl methyl sites for hydroxylation is 1. The van der Waals surface area contributed by atoms with E-state index in [9.17, 15) is 9.59 Å². The highest BCUT2D eigenvalue weighted by Gasteiger charge is 2.09. The molecule has 4 nitrogen and oxygen atoms in total. The minimum Gasteiger partial charge on any atom is -0.478 e. The summed E-state index contributed by atoms with van der Waals surface area (Å²) in [5.41, 5.74) is 1.44. The van der Waals surface area contributed by atoms with Gasteiger partial charge in [0.2, 0.25) is 5.91 Å². The third kappa shape index (κ3) is 4.20. The van der Waals surface area contributed by atoms with Gasteiger partial charge in [-0.2, -0.15) is 0 Å². The number of nitrogens with one attached hydrogen (secondary N) is 1. The maximum absolute atomic E-state index is 11.6. The van der Waals surface area contributed by atoms with Gasteiger partial charge in [-0.3, -0.25) is 4.79 Å². The highest BCUT2D eigenvalue weighted by Crippen LogP contribution is 2.16. The molecule has 0 atom stereocenters. The molecule has 0 unspecified atom stereocenters. The number of carboxylic acid groups (broad SMARTS) is 1. The molecule has 0 aliphatic rings. The lowest BCUT2D eigenvalue weighted by Crippen LogP contribution is -2.13. The number of carboxylic acids is 1. The van der Waals surface area contributed by atoms with E-state index in [2.05, 4.69) is 19.2 Å². The number of hydrogen-bond donors (Lipinski definition) is 2. The van der Waals surface area contributed by atoms with Gasteiger partial charge in [-0.15, -0.1) is 0 Å². The molecule has 1 amide bonds. The maximum atomic E-state index is 11.6. The number of aromatic carboxylic acids is 1. The van der Waals surface area contributed by atoms with Crippen LogP contribution in [0.3, 0.4) is 0 Å². The predicted molar refractivity (Wildman–Crippen MR) is 70.8 cm³/mol. The third-order valence-corrected chi connectivity index (χ3v) is 2.70. The summed E-state index contributed by atoms with van der Waals surface area (Å²) in [6, 6.07) is 4.90. The van der Waals surface area contributed by atoms with E-state index in [-0.39, 0.29) is 11.5 Å². The molecule has 0 aliphatic carbocycles. The van der Waals surface area contributed by atoms with Crippen LogP contribution < -0.4 is 5.32 Å². The molecule has 1 aromatic rings. The molecule has 18 heavy (non-hydrogen) atoms. The normalized spacial score (nSPS) is 10.4. The van der Waals surface area contributed by atoms with Crippen molar-refractivity contribution in [2.24, 2.45) is 5.92 Å². The summed E-state index contributed by atoms with van der Waals surface area (Å²) in [6.07, 6.45) is 1.28. The molecule has 4 heteroatoms. The lowest BCUT2D eigenvalue weighted by atomic mass is 10.1. The van der Waals surface area contributed by atoms with E-state index in [1.165, 1.54) is 6.07 Å². The van der Waals surface area contributed by atoms with Gasteiger partial charge in [0.1, 0.15) is 0 Å². The van der Waals surface area contributed by atoms with Gasteiger partial charge in [0, 0.05) is 12.1 Å². The maximum Gasteiger partial charge on any atom is 0.336 e. The average Bonchev–Trinajstić information content (AvgIpc) is 2.28. The molecule has 0 heterocycles. The lowest BCUT2D eigenvalue weighted by Gasteiger charge is -2.08. The van der Waals surface area contributed by atoms with Gasteiger partial charge < -0.3 is 10.4 Å². The second-order valence-corrected chi connectivity index (χ2v) is 4.82. The summed E-state index contributed by atoms with van der Waals surface area (Å²) in [5, 5.41) is 11.7. The standard InChI is InChI=1S/C14H19NO3/c1-9(2)4-7-13(16)15-11-6-5-10(3)12(8-11)14(17)18/h5-6,8-9H,4,7H2,1-3H3,(H,15,16)(H,17,18). The Kier molecular flexibility index (Phi) is 4.89. The molecule has 98 valence electrons. The molecule has 0 saturated heterocycles. The molecule has 1 rings (SSSR count). The molecule has 0 aliphatic heterocycles. The Morgan fingerprint density at radius 3 is 2.56 bits per heavy atom. The monoisotopic (exact) mass is 249 g/mol. The van der Waals surface area contributed by atoms with Crippen LogP contribution in [0.15, 0.2) is 18.2 Å². The molecular formula is C14H19NO3. The van der Waals surface area contributed by atoms with Crippen molar-refractivity contribution < 1.29 is 14.7 Å². The zero-order valence-electron chi connectivity index (χ0n) is 11.0. The van der Waals surface area contributed by atoms with E-state index in [1.54, 1.807) is 19.1 Å². The van der Waals surface area contributed by atoms with Crippen molar-refractivity contribution in [2.45, 2.75) is 33.6 Å². The summed E-state index contributed by atoms with van der Waals surface area (Å²) in [4.78, 5) is 22.6. The van der Waals surface area contributed by atoms with Crippen LogP contribution in [0.2, 0.25) is 0 Å². The molecule has 0 saturated carbocycles. The number of benzene rings is 1. The SMILES string of the molecule is Cc1ccc(NC(=O)CCC(C)C)cc1C(=O)O. The number of anilines is 1. The second kappa shape index (κ2) is 6.19. The highest BCUT2D eigenvalue weighted by molar-refractivity contribution is 5.94. The van der Waals surface area contributed by atoms with E-state index in [1.807, 2.05) is 0 Å². The fourth-order valence-corrected chi connectivity index (χ4v) is 1.57. The Bertz CT molecular complexity index is 452.